The van der Waals surface area contributed by atoms with Crippen molar-refractivity contribution >= 4 is 5.91 Å². The van der Waals surface area contributed by atoms with Gasteiger partial charge in [0.15, 0.2) is 0 Å². The number of hydrogen-bond acceptors (Lipinski definition) is 2. The first kappa shape index (κ1) is 7.34. The summed E-state index contributed by atoms with van der Waals surface area (Å²) in [5.41, 5.74) is 0. The Morgan fingerprint density at radius 1 is 1.75 bits per heavy atom. The third kappa shape index (κ3) is 1.32. The molecule has 12 heavy (non-hydrogen) atoms. The lowest BCUT2D eigenvalue weighted by Crippen LogP contribution is -2.36. The molecule has 2 heterocycles. The van der Waals surface area contributed by atoms with Crippen molar-refractivity contribution in [3.05, 3.63) is 18.5 Å². The summed E-state index contributed by atoms with van der Waals surface area (Å²) in [6.45, 7) is 0.689. The predicted octanol–water partition coefficient (Wildman–Crippen LogP) is 0.134. The first-order valence-electron chi connectivity index (χ1n) is 4.03. The second-order valence-electron chi connectivity index (χ2n) is 2.92. The van der Waals surface area contributed by atoms with E-state index in [1.54, 1.807) is 6.20 Å². The minimum atomic E-state index is 0.141. The molecule has 4 nitrogen and oxygen atoms in total. The Morgan fingerprint density at radius 2 is 2.67 bits per heavy atom. The third-order valence-electron chi connectivity index (χ3n) is 2.09. The van der Waals surface area contributed by atoms with Crippen LogP contribution in [0, 0.1) is 6.07 Å². The molecular weight excluding hydrogens is 154 g/mol. The summed E-state index contributed by atoms with van der Waals surface area (Å²) in [5, 5.41) is 6.88. The summed E-state index contributed by atoms with van der Waals surface area (Å²) >= 11 is 0. The molecule has 0 spiro atoms. The van der Waals surface area contributed by atoms with Gasteiger partial charge in [-0.3, -0.25) is 9.48 Å². The van der Waals surface area contributed by atoms with E-state index < -0.39 is 0 Å². The molecule has 1 aliphatic heterocycles. The minimum absolute atomic E-state index is 0.141. The number of hydrogen-bond donors (Lipinski definition) is 1. The molecule has 1 atom stereocenters. The van der Waals surface area contributed by atoms with Crippen molar-refractivity contribution in [1.29, 1.82) is 0 Å². The molecule has 1 saturated heterocycles. The summed E-state index contributed by atoms with van der Waals surface area (Å²) in [6, 6.07) is 3.19. The molecular formula is C8H10N3O. The first-order chi connectivity index (χ1) is 5.86. The molecule has 1 N–H and O–H groups in total. The highest BCUT2D eigenvalue weighted by molar-refractivity contribution is 5.76. The van der Waals surface area contributed by atoms with Crippen LogP contribution >= 0.6 is 0 Å². The summed E-state index contributed by atoms with van der Waals surface area (Å²) in [7, 11) is 0. The Hall–Kier alpha value is -1.32. The number of carbonyl (C=O) groups is 1. The van der Waals surface area contributed by atoms with Gasteiger partial charge in [-0.1, -0.05) is 0 Å². The highest BCUT2D eigenvalue weighted by Gasteiger charge is 2.18. The zero-order valence-corrected chi connectivity index (χ0v) is 6.66. The average molecular weight is 164 g/mol. The fourth-order valence-electron chi connectivity index (χ4n) is 1.39. The third-order valence-corrected chi connectivity index (χ3v) is 2.09. The topological polar surface area (TPSA) is 46.9 Å². The van der Waals surface area contributed by atoms with Crippen molar-refractivity contribution < 1.29 is 4.79 Å². The molecule has 1 aliphatic rings. The Balaban J connectivity index is 2.03. The van der Waals surface area contributed by atoms with Gasteiger partial charge in [-0.2, -0.15) is 5.10 Å². The van der Waals surface area contributed by atoms with Crippen LogP contribution in [0.3, 0.4) is 0 Å². The Kier molecular flexibility index (Phi) is 1.81. The standard InChI is InChI=1S/C8H10N3O/c12-8-3-2-7(6-9-8)11-5-1-4-10-11/h4-5,7H,2-3,6H2,(H,9,12)/t7-/m1/s1. The largest absolute Gasteiger partial charge is 0.354 e. The Bertz CT molecular complexity index is 258. The van der Waals surface area contributed by atoms with Crippen LogP contribution in [0.25, 0.3) is 0 Å². The zero-order valence-electron chi connectivity index (χ0n) is 6.66. The van der Waals surface area contributed by atoms with Crippen LogP contribution in [-0.2, 0) is 4.79 Å². The van der Waals surface area contributed by atoms with Gasteiger partial charge in [-0.05, 0) is 6.42 Å². The number of carbonyl (C=O) groups excluding carboxylic acids is 1. The lowest BCUT2D eigenvalue weighted by molar-refractivity contribution is -0.122. The lowest BCUT2D eigenvalue weighted by Gasteiger charge is -2.22. The maximum atomic E-state index is 10.8. The van der Waals surface area contributed by atoms with Gasteiger partial charge in [0.1, 0.15) is 0 Å². The van der Waals surface area contributed by atoms with Crippen LogP contribution in [0.1, 0.15) is 18.9 Å². The average Bonchev–Trinajstić information content (AvgIpc) is 2.58. The lowest BCUT2D eigenvalue weighted by atomic mass is 10.1. The fourth-order valence-corrected chi connectivity index (χ4v) is 1.39. The van der Waals surface area contributed by atoms with Crippen LogP contribution in [0.4, 0.5) is 0 Å². The van der Waals surface area contributed by atoms with Gasteiger partial charge in [-0.15, -0.1) is 0 Å². The van der Waals surface area contributed by atoms with Gasteiger partial charge in [0, 0.05) is 25.2 Å². The predicted molar refractivity (Wildman–Crippen MR) is 42.3 cm³/mol. The maximum absolute atomic E-state index is 10.8. The highest BCUT2D eigenvalue weighted by Crippen LogP contribution is 2.14. The number of aromatic nitrogens is 2. The molecule has 1 aromatic heterocycles. The summed E-state index contributed by atoms with van der Waals surface area (Å²) in [4.78, 5) is 10.8. The highest BCUT2D eigenvalue weighted by atomic mass is 16.1. The molecule has 0 aromatic carbocycles. The molecule has 1 fully saturated rings. The van der Waals surface area contributed by atoms with E-state index in [-0.39, 0.29) is 5.91 Å². The van der Waals surface area contributed by atoms with Crippen molar-refractivity contribution in [2.45, 2.75) is 18.9 Å². The summed E-state index contributed by atoms with van der Waals surface area (Å²) in [5.74, 6) is 0.141. The van der Waals surface area contributed by atoms with E-state index in [1.165, 1.54) is 0 Å². The van der Waals surface area contributed by atoms with Gasteiger partial charge >= 0.3 is 0 Å². The molecule has 63 valence electrons. The van der Waals surface area contributed by atoms with Crippen LogP contribution < -0.4 is 5.32 Å². The molecule has 0 saturated carbocycles. The number of amides is 1. The SMILES string of the molecule is O=C1CC[C@@H](n2c[c]cn2)CN1. The summed E-state index contributed by atoms with van der Waals surface area (Å²) in [6.07, 6.45) is 4.92. The van der Waals surface area contributed by atoms with Crippen molar-refractivity contribution in [2.24, 2.45) is 0 Å². The monoisotopic (exact) mass is 164 g/mol. The van der Waals surface area contributed by atoms with E-state index in [0.29, 0.717) is 19.0 Å². The van der Waals surface area contributed by atoms with Crippen molar-refractivity contribution in [3.63, 3.8) is 0 Å². The second-order valence-corrected chi connectivity index (χ2v) is 2.92. The fraction of sp³-hybridized carbons (Fsp3) is 0.500. The van der Waals surface area contributed by atoms with Crippen LogP contribution in [0.2, 0.25) is 0 Å². The molecule has 2 rings (SSSR count). The minimum Gasteiger partial charge on any atom is -0.354 e. The van der Waals surface area contributed by atoms with Crippen molar-refractivity contribution in [2.75, 3.05) is 6.54 Å². The van der Waals surface area contributed by atoms with E-state index >= 15 is 0 Å². The molecule has 1 amide bonds. The zero-order chi connectivity index (χ0) is 8.39. The van der Waals surface area contributed by atoms with Gasteiger partial charge in [-0.25, -0.2) is 0 Å². The quantitative estimate of drug-likeness (QED) is 0.641. The van der Waals surface area contributed by atoms with Gasteiger partial charge in [0.2, 0.25) is 5.91 Å². The van der Waals surface area contributed by atoms with E-state index in [9.17, 15) is 4.79 Å². The molecule has 1 aromatic rings. The molecule has 0 unspecified atom stereocenters. The van der Waals surface area contributed by atoms with Gasteiger partial charge < -0.3 is 5.32 Å². The van der Waals surface area contributed by atoms with Gasteiger partial charge in [0.05, 0.1) is 12.2 Å². The van der Waals surface area contributed by atoms with Gasteiger partial charge in [0.25, 0.3) is 0 Å². The van der Waals surface area contributed by atoms with Crippen molar-refractivity contribution in [3.8, 4) is 0 Å². The molecule has 1 radical (unpaired) electrons. The normalized spacial score (nSPS) is 23.7. The number of nitrogens with one attached hydrogen (secondary N) is 1. The number of nitrogens with zero attached hydrogens (tertiary/aromatic N) is 2. The van der Waals surface area contributed by atoms with Crippen LogP contribution in [-0.4, -0.2) is 22.2 Å². The maximum Gasteiger partial charge on any atom is 0.220 e. The summed E-state index contributed by atoms with van der Waals surface area (Å²) < 4.78 is 1.85. The second kappa shape index (κ2) is 2.97. The van der Waals surface area contributed by atoms with Crippen LogP contribution in [0.15, 0.2) is 12.4 Å². The van der Waals surface area contributed by atoms with E-state index in [4.69, 9.17) is 0 Å². The number of piperidine rings is 1. The van der Waals surface area contributed by atoms with E-state index in [2.05, 4.69) is 16.5 Å². The van der Waals surface area contributed by atoms with E-state index in [0.717, 1.165) is 6.42 Å². The van der Waals surface area contributed by atoms with E-state index in [1.807, 2.05) is 10.9 Å². The van der Waals surface area contributed by atoms with Crippen LogP contribution in [0.5, 0.6) is 0 Å². The van der Waals surface area contributed by atoms with Crippen molar-refractivity contribution in [1.82, 2.24) is 15.1 Å². The molecule has 0 bridgehead atoms. The molecule has 0 aliphatic carbocycles. The smallest absolute Gasteiger partial charge is 0.220 e. The first-order valence-corrected chi connectivity index (χ1v) is 4.03. The molecule has 4 heteroatoms. The Labute approximate surface area is 70.6 Å². The number of rotatable bonds is 1. The Morgan fingerprint density at radius 3 is 3.25 bits per heavy atom.